The Bertz CT molecular complexity index is 612. The molecule has 1 fully saturated rings. The summed E-state index contributed by atoms with van der Waals surface area (Å²) in [6.45, 7) is 5.27. The topological polar surface area (TPSA) is 53.1 Å². The number of ether oxygens (including phenoxy) is 1. The average molecular weight is 301 g/mol. The normalized spacial score (nSPS) is 20.6. The highest BCUT2D eigenvalue weighted by molar-refractivity contribution is 5.79. The minimum absolute atomic E-state index is 0.0503. The lowest BCUT2D eigenvalue weighted by atomic mass is 9.89. The van der Waals surface area contributed by atoms with E-state index in [0.717, 1.165) is 43.3 Å². The fraction of sp³-hybridized carbons (Fsp3) is 0.611. The van der Waals surface area contributed by atoms with Crippen LogP contribution < -0.4 is 5.73 Å². The first-order valence-electron chi connectivity index (χ1n) is 8.58. The molecule has 1 aliphatic rings. The maximum Gasteiger partial charge on any atom is 0.135 e. The SMILES string of the molecule is CCC(CC)C(N)c1cccc2c1ncn2C1CCCCO1. The summed E-state index contributed by atoms with van der Waals surface area (Å²) in [5, 5.41) is 0. The van der Waals surface area contributed by atoms with E-state index >= 15 is 0 Å². The van der Waals surface area contributed by atoms with Gasteiger partial charge >= 0.3 is 0 Å². The van der Waals surface area contributed by atoms with E-state index in [0.29, 0.717) is 5.92 Å². The Hall–Kier alpha value is -1.39. The number of aromatic nitrogens is 2. The third-order valence-corrected chi connectivity index (χ3v) is 5.02. The lowest BCUT2D eigenvalue weighted by Crippen LogP contribution is -2.21. The number of hydrogen-bond acceptors (Lipinski definition) is 3. The van der Waals surface area contributed by atoms with E-state index in [-0.39, 0.29) is 12.3 Å². The van der Waals surface area contributed by atoms with E-state index in [9.17, 15) is 0 Å². The lowest BCUT2D eigenvalue weighted by molar-refractivity contribution is -0.0295. The maximum absolute atomic E-state index is 6.53. The fourth-order valence-electron chi connectivity index (χ4n) is 3.57. The molecule has 120 valence electrons. The van der Waals surface area contributed by atoms with Gasteiger partial charge in [-0.3, -0.25) is 0 Å². The van der Waals surface area contributed by atoms with Crippen LogP contribution in [0.3, 0.4) is 0 Å². The minimum atomic E-state index is 0.0503. The molecule has 2 atom stereocenters. The van der Waals surface area contributed by atoms with E-state index in [1.807, 2.05) is 6.33 Å². The zero-order valence-corrected chi connectivity index (χ0v) is 13.7. The number of nitrogens with two attached hydrogens (primary N) is 1. The van der Waals surface area contributed by atoms with Crippen LogP contribution in [0.5, 0.6) is 0 Å². The van der Waals surface area contributed by atoms with Crippen LogP contribution in [0.25, 0.3) is 11.0 Å². The Morgan fingerprint density at radius 3 is 2.82 bits per heavy atom. The number of para-hydroxylation sites is 1. The van der Waals surface area contributed by atoms with E-state index in [2.05, 4.69) is 41.6 Å². The van der Waals surface area contributed by atoms with Crippen molar-refractivity contribution >= 4 is 11.0 Å². The van der Waals surface area contributed by atoms with Gasteiger partial charge in [0.25, 0.3) is 0 Å². The van der Waals surface area contributed by atoms with E-state index in [1.54, 1.807) is 0 Å². The molecule has 0 saturated carbocycles. The van der Waals surface area contributed by atoms with E-state index in [1.165, 1.54) is 12.0 Å². The molecular weight excluding hydrogens is 274 g/mol. The highest BCUT2D eigenvalue weighted by atomic mass is 16.5. The van der Waals surface area contributed by atoms with Gasteiger partial charge in [0, 0.05) is 12.6 Å². The summed E-state index contributed by atoms with van der Waals surface area (Å²) >= 11 is 0. The van der Waals surface area contributed by atoms with Crippen LogP contribution >= 0.6 is 0 Å². The predicted octanol–water partition coefficient (Wildman–Crippen LogP) is 4.17. The molecule has 4 heteroatoms. The van der Waals surface area contributed by atoms with Gasteiger partial charge in [-0.2, -0.15) is 0 Å². The Morgan fingerprint density at radius 1 is 1.32 bits per heavy atom. The van der Waals surface area contributed by atoms with Crippen molar-refractivity contribution in [2.75, 3.05) is 6.61 Å². The largest absolute Gasteiger partial charge is 0.358 e. The van der Waals surface area contributed by atoms with Gasteiger partial charge in [-0.05, 0) is 36.8 Å². The van der Waals surface area contributed by atoms with Crippen molar-refractivity contribution in [3.05, 3.63) is 30.1 Å². The van der Waals surface area contributed by atoms with Crippen LogP contribution in [-0.2, 0) is 4.74 Å². The predicted molar refractivity (Wildman–Crippen MR) is 89.6 cm³/mol. The van der Waals surface area contributed by atoms with Gasteiger partial charge in [0.15, 0.2) is 0 Å². The second-order valence-corrected chi connectivity index (χ2v) is 6.29. The molecule has 0 radical (unpaired) electrons. The Kier molecular flexibility index (Phi) is 4.79. The summed E-state index contributed by atoms with van der Waals surface area (Å²) in [5.74, 6) is 0.502. The van der Waals surface area contributed by atoms with Crippen LogP contribution in [0.4, 0.5) is 0 Å². The smallest absolute Gasteiger partial charge is 0.135 e. The molecule has 2 aromatic rings. The quantitative estimate of drug-likeness (QED) is 0.901. The number of nitrogens with zero attached hydrogens (tertiary/aromatic N) is 2. The van der Waals surface area contributed by atoms with Gasteiger partial charge in [0.2, 0.25) is 0 Å². The maximum atomic E-state index is 6.53. The summed E-state index contributed by atoms with van der Waals surface area (Å²) in [5.41, 5.74) is 9.88. The number of rotatable bonds is 5. The Balaban J connectivity index is 1.98. The molecule has 0 spiro atoms. The highest BCUT2D eigenvalue weighted by Crippen LogP contribution is 2.32. The van der Waals surface area contributed by atoms with Crippen molar-refractivity contribution in [1.82, 2.24) is 9.55 Å². The summed E-state index contributed by atoms with van der Waals surface area (Å²) in [6, 6.07) is 6.41. The van der Waals surface area contributed by atoms with Gasteiger partial charge in [0.05, 0.1) is 17.4 Å². The first-order valence-corrected chi connectivity index (χ1v) is 8.58. The molecule has 2 heterocycles. The first-order chi connectivity index (χ1) is 10.8. The zero-order chi connectivity index (χ0) is 15.5. The molecule has 1 aromatic carbocycles. The standard InChI is InChI=1S/C18H27N3O/c1-3-13(4-2)17(19)14-8-7-9-15-18(14)20-12-21(15)16-10-5-6-11-22-16/h7-9,12-13,16-17H,3-6,10-11,19H2,1-2H3. The minimum Gasteiger partial charge on any atom is -0.358 e. The molecule has 22 heavy (non-hydrogen) atoms. The van der Waals surface area contributed by atoms with Gasteiger partial charge in [-0.15, -0.1) is 0 Å². The third kappa shape index (κ3) is 2.77. The molecule has 2 N–H and O–H groups in total. The second kappa shape index (κ2) is 6.80. The fourth-order valence-corrected chi connectivity index (χ4v) is 3.57. The van der Waals surface area contributed by atoms with Crippen molar-refractivity contribution in [1.29, 1.82) is 0 Å². The molecule has 1 saturated heterocycles. The van der Waals surface area contributed by atoms with Crippen molar-refractivity contribution in [2.24, 2.45) is 11.7 Å². The average Bonchev–Trinajstić information content (AvgIpc) is 3.00. The molecule has 4 nitrogen and oxygen atoms in total. The number of fused-ring (bicyclic) bond motifs is 1. The van der Waals surface area contributed by atoms with Crippen LogP contribution in [0.1, 0.15) is 63.8 Å². The third-order valence-electron chi connectivity index (χ3n) is 5.02. The Labute approximate surface area is 132 Å². The van der Waals surface area contributed by atoms with Crippen molar-refractivity contribution in [3.8, 4) is 0 Å². The number of hydrogen-bond donors (Lipinski definition) is 1. The van der Waals surface area contributed by atoms with Crippen molar-refractivity contribution < 1.29 is 4.74 Å². The molecule has 0 bridgehead atoms. The first kappa shape index (κ1) is 15.5. The summed E-state index contributed by atoms with van der Waals surface area (Å²) in [7, 11) is 0. The van der Waals surface area contributed by atoms with Gasteiger partial charge in [-0.1, -0.05) is 38.8 Å². The van der Waals surface area contributed by atoms with E-state index < -0.39 is 0 Å². The van der Waals surface area contributed by atoms with E-state index in [4.69, 9.17) is 10.5 Å². The van der Waals surface area contributed by atoms with Crippen LogP contribution in [0.2, 0.25) is 0 Å². The molecule has 1 aromatic heterocycles. The molecule has 3 rings (SSSR count). The van der Waals surface area contributed by atoms with Crippen LogP contribution in [-0.4, -0.2) is 16.2 Å². The molecule has 2 unspecified atom stereocenters. The van der Waals surface area contributed by atoms with Crippen molar-refractivity contribution in [3.63, 3.8) is 0 Å². The molecule has 0 aliphatic carbocycles. The summed E-state index contributed by atoms with van der Waals surface area (Å²) < 4.78 is 8.09. The molecule has 0 amide bonds. The van der Waals surface area contributed by atoms with Gasteiger partial charge in [0.1, 0.15) is 6.23 Å². The van der Waals surface area contributed by atoms with Crippen molar-refractivity contribution in [2.45, 2.75) is 58.2 Å². The van der Waals surface area contributed by atoms with Gasteiger partial charge < -0.3 is 15.0 Å². The van der Waals surface area contributed by atoms with Crippen LogP contribution in [0, 0.1) is 5.92 Å². The van der Waals surface area contributed by atoms with Crippen LogP contribution in [0.15, 0.2) is 24.5 Å². The Morgan fingerprint density at radius 2 is 2.14 bits per heavy atom. The molecule has 1 aliphatic heterocycles. The number of imidazole rings is 1. The zero-order valence-electron chi connectivity index (χ0n) is 13.7. The summed E-state index contributed by atoms with van der Waals surface area (Å²) in [4.78, 5) is 4.67. The second-order valence-electron chi connectivity index (χ2n) is 6.29. The highest BCUT2D eigenvalue weighted by Gasteiger charge is 2.22. The van der Waals surface area contributed by atoms with Gasteiger partial charge in [-0.25, -0.2) is 4.98 Å². The number of benzene rings is 1. The molecular formula is C18H27N3O. The summed E-state index contributed by atoms with van der Waals surface area (Å²) in [6.07, 6.45) is 7.68. The monoisotopic (exact) mass is 301 g/mol. The lowest BCUT2D eigenvalue weighted by Gasteiger charge is -2.25.